The first kappa shape index (κ1) is 16.4. The number of unbranched alkanes of at least 4 members (excludes halogenated alkanes) is 10. The summed E-state index contributed by atoms with van der Waals surface area (Å²) in [6.07, 6.45) is 17.4. The molecule has 1 nitrogen and oxygen atoms in total. The van der Waals surface area contributed by atoms with Crippen LogP contribution in [0.2, 0.25) is 0 Å². The van der Waals surface area contributed by atoms with E-state index in [4.69, 9.17) is 4.74 Å². The second-order valence-corrected chi connectivity index (χ2v) is 4.56. The lowest BCUT2D eigenvalue weighted by Crippen LogP contribution is -1.82. The minimum absolute atomic E-state index is 0.449. The van der Waals surface area contributed by atoms with Crippen molar-refractivity contribution in [2.75, 3.05) is 6.61 Å². The summed E-state index contributed by atoms with van der Waals surface area (Å²) in [6.45, 7) is 6.27. The van der Waals surface area contributed by atoms with E-state index in [1.165, 1.54) is 64.2 Å². The van der Waals surface area contributed by atoms with E-state index in [9.17, 15) is 0 Å². The number of hydrogen-bond acceptors (Lipinski definition) is 1. The normalized spacial score (nSPS) is 9.76. The van der Waals surface area contributed by atoms with Gasteiger partial charge >= 0.3 is 0 Å². The predicted molar refractivity (Wildman–Crippen MR) is 75.5 cm³/mol. The van der Waals surface area contributed by atoms with Crippen LogP contribution in [0.3, 0.4) is 0 Å². The Morgan fingerprint density at radius 2 is 1.35 bits per heavy atom. The van der Waals surface area contributed by atoms with Gasteiger partial charge in [0.2, 0.25) is 0 Å². The molecule has 1 radical (unpaired) electrons. The summed E-state index contributed by atoms with van der Waals surface area (Å²) < 4.78 is 4.85. The zero-order valence-corrected chi connectivity index (χ0v) is 11.6. The molecule has 0 rings (SSSR count). The average Bonchev–Trinajstić information content (AvgIpc) is 2.35. The van der Waals surface area contributed by atoms with E-state index in [1.807, 2.05) is 0 Å². The molecule has 0 aromatic carbocycles. The molecule has 0 unspecified atom stereocenters. The quantitative estimate of drug-likeness (QED) is 0.358. The van der Waals surface area contributed by atoms with Gasteiger partial charge in [-0.1, -0.05) is 70.6 Å². The van der Waals surface area contributed by atoms with Crippen molar-refractivity contribution in [3.63, 3.8) is 0 Å². The third-order valence-corrected chi connectivity index (χ3v) is 2.90. The molecular formula is C16H29O. The van der Waals surface area contributed by atoms with Gasteiger partial charge in [0.1, 0.15) is 12.7 Å². The smallest absolute Gasteiger partial charge is 0.110 e. The maximum absolute atomic E-state index is 4.85. The van der Waals surface area contributed by atoms with Crippen LogP contribution in [0.4, 0.5) is 0 Å². The summed E-state index contributed by atoms with van der Waals surface area (Å²) in [5.74, 6) is 3.00. The van der Waals surface area contributed by atoms with Gasteiger partial charge in [0.05, 0.1) is 0 Å². The zero-order valence-electron chi connectivity index (χ0n) is 11.6. The fourth-order valence-corrected chi connectivity index (χ4v) is 1.85. The van der Waals surface area contributed by atoms with E-state index in [2.05, 4.69) is 25.9 Å². The van der Waals surface area contributed by atoms with Gasteiger partial charge in [0.25, 0.3) is 0 Å². The molecule has 0 saturated carbocycles. The molecule has 17 heavy (non-hydrogen) atoms. The topological polar surface area (TPSA) is 9.23 Å². The van der Waals surface area contributed by atoms with E-state index in [1.54, 1.807) is 0 Å². The first-order valence-corrected chi connectivity index (χ1v) is 7.30. The highest BCUT2D eigenvalue weighted by atomic mass is 16.5. The molecule has 99 valence electrons. The van der Waals surface area contributed by atoms with E-state index >= 15 is 0 Å². The summed E-state index contributed by atoms with van der Waals surface area (Å²) in [5, 5.41) is 0. The van der Waals surface area contributed by atoms with Crippen LogP contribution in [0.25, 0.3) is 0 Å². The van der Waals surface area contributed by atoms with Gasteiger partial charge < -0.3 is 4.74 Å². The average molecular weight is 237 g/mol. The van der Waals surface area contributed by atoms with Gasteiger partial charge in [-0.2, -0.15) is 0 Å². The van der Waals surface area contributed by atoms with Gasteiger partial charge in [0.15, 0.2) is 0 Å². The molecule has 0 aliphatic rings. The maximum Gasteiger partial charge on any atom is 0.110 e. The van der Waals surface area contributed by atoms with Gasteiger partial charge in [0, 0.05) is 6.42 Å². The Bertz CT molecular complexity index is 187. The Morgan fingerprint density at radius 1 is 0.824 bits per heavy atom. The summed E-state index contributed by atoms with van der Waals surface area (Å²) in [4.78, 5) is 0. The second-order valence-electron chi connectivity index (χ2n) is 4.56. The molecule has 0 aliphatic carbocycles. The molecule has 0 fully saturated rings. The standard InChI is InChI=1S/C16H29O/c1-3-5-6-7-8-9-10-11-12-13-14-15-16-17-4-2/h2-14H2,1H3. The van der Waals surface area contributed by atoms with E-state index < -0.39 is 0 Å². The first-order valence-electron chi connectivity index (χ1n) is 7.30. The van der Waals surface area contributed by atoms with Crippen LogP contribution >= 0.6 is 0 Å². The number of hydrogen-bond donors (Lipinski definition) is 0. The van der Waals surface area contributed by atoms with Crippen LogP contribution in [-0.4, -0.2) is 6.61 Å². The lowest BCUT2D eigenvalue weighted by molar-refractivity contribution is 0.318. The molecular weight excluding hydrogens is 208 g/mol. The van der Waals surface area contributed by atoms with Crippen LogP contribution in [0.15, 0.2) is 0 Å². The van der Waals surface area contributed by atoms with Crippen molar-refractivity contribution in [1.82, 2.24) is 0 Å². The molecule has 0 bridgehead atoms. The third-order valence-electron chi connectivity index (χ3n) is 2.90. The molecule has 0 N–H and O–H groups in total. The van der Waals surface area contributed by atoms with Crippen molar-refractivity contribution in [3.8, 4) is 12.0 Å². The Morgan fingerprint density at radius 3 is 1.88 bits per heavy atom. The summed E-state index contributed by atoms with van der Waals surface area (Å²) in [6, 6.07) is 0. The molecule has 0 aromatic heterocycles. The lowest BCUT2D eigenvalue weighted by atomic mass is 10.1. The Balaban J connectivity index is 2.97. The van der Waals surface area contributed by atoms with Crippen LogP contribution in [0, 0.1) is 19.0 Å². The molecule has 0 heterocycles. The SMILES string of the molecule is [CH2]COC#CCCCCCCCCCCCC. The largest absolute Gasteiger partial charge is 0.447 e. The molecule has 0 saturated heterocycles. The van der Waals surface area contributed by atoms with Gasteiger partial charge in [-0.3, -0.25) is 0 Å². The fourth-order valence-electron chi connectivity index (χ4n) is 1.85. The van der Waals surface area contributed by atoms with Crippen LogP contribution in [0.1, 0.15) is 77.6 Å². The molecule has 0 atom stereocenters. The van der Waals surface area contributed by atoms with E-state index in [0.717, 1.165) is 6.42 Å². The molecule has 1 heteroatoms. The van der Waals surface area contributed by atoms with Crippen molar-refractivity contribution < 1.29 is 4.74 Å². The van der Waals surface area contributed by atoms with Crippen molar-refractivity contribution >= 4 is 0 Å². The zero-order chi connectivity index (χ0) is 12.6. The number of ether oxygens (including phenoxy) is 1. The first-order chi connectivity index (χ1) is 8.41. The fraction of sp³-hybridized carbons (Fsp3) is 0.812. The summed E-state index contributed by atoms with van der Waals surface area (Å²) in [5.41, 5.74) is 0. The van der Waals surface area contributed by atoms with E-state index in [-0.39, 0.29) is 0 Å². The monoisotopic (exact) mass is 237 g/mol. The Labute approximate surface area is 108 Å². The minimum Gasteiger partial charge on any atom is -0.447 e. The van der Waals surface area contributed by atoms with Crippen molar-refractivity contribution in [2.24, 2.45) is 0 Å². The van der Waals surface area contributed by atoms with Crippen molar-refractivity contribution in [1.29, 1.82) is 0 Å². The summed E-state index contributed by atoms with van der Waals surface area (Å²) >= 11 is 0. The highest BCUT2D eigenvalue weighted by molar-refractivity contribution is 4.91. The third kappa shape index (κ3) is 15.4. The van der Waals surface area contributed by atoms with E-state index in [0.29, 0.717) is 6.61 Å². The van der Waals surface area contributed by atoms with Gasteiger partial charge in [-0.05, 0) is 13.3 Å². The van der Waals surface area contributed by atoms with Crippen LogP contribution < -0.4 is 0 Å². The Kier molecular flexibility index (Phi) is 14.8. The highest BCUT2D eigenvalue weighted by Gasteiger charge is 1.91. The Hall–Kier alpha value is -0.640. The lowest BCUT2D eigenvalue weighted by Gasteiger charge is -2.00. The minimum atomic E-state index is 0.449. The van der Waals surface area contributed by atoms with Gasteiger partial charge in [-0.25, -0.2) is 0 Å². The maximum atomic E-state index is 4.85. The molecule has 0 amide bonds. The molecule has 0 aliphatic heterocycles. The highest BCUT2D eigenvalue weighted by Crippen LogP contribution is 2.10. The van der Waals surface area contributed by atoms with Crippen molar-refractivity contribution in [3.05, 3.63) is 6.92 Å². The second kappa shape index (κ2) is 15.4. The van der Waals surface area contributed by atoms with Crippen molar-refractivity contribution in [2.45, 2.75) is 77.6 Å². The van der Waals surface area contributed by atoms with Gasteiger partial charge in [-0.15, -0.1) is 0 Å². The molecule has 0 spiro atoms. The number of rotatable bonds is 11. The van der Waals surface area contributed by atoms with Crippen LogP contribution in [0.5, 0.6) is 0 Å². The molecule has 0 aromatic rings. The van der Waals surface area contributed by atoms with Crippen LogP contribution in [-0.2, 0) is 4.74 Å². The summed E-state index contributed by atoms with van der Waals surface area (Å²) in [7, 11) is 0. The predicted octanol–water partition coefficient (Wildman–Crippen LogP) is 5.11.